The summed E-state index contributed by atoms with van der Waals surface area (Å²) < 4.78 is 0. The lowest BCUT2D eigenvalue weighted by Gasteiger charge is -2.34. The molecule has 1 aliphatic heterocycles. The molecule has 8 heteroatoms. The van der Waals surface area contributed by atoms with Crippen LogP contribution in [0.3, 0.4) is 0 Å². The Morgan fingerprint density at radius 2 is 1.92 bits per heavy atom. The van der Waals surface area contributed by atoms with Crippen LogP contribution in [0.2, 0.25) is 0 Å². The molecule has 3 rings (SSSR count). The largest absolute Gasteiger partial charge is 0.339 e. The van der Waals surface area contributed by atoms with Gasteiger partial charge in [0.25, 0.3) is 0 Å². The molecule has 2 amide bonds. The van der Waals surface area contributed by atoms with Gasteiger partial charge >= 0.3 is 0 Å². The van der Waals surface area contributed by atoms with E-state index in [0.717, 1.165) is 21.7 Å². The first-order valence-corrected chi connectivity index (χ1v) is 9.78. The number of aryl methyl sites for hydroxylation is 1. The molecule has 0 saturated carbocycles. The zero-order chi connectivity index (χ0) is 17.1. The lowest BCUT2D eigenvalue weighted by atomic mass is 10.3. The maximum Gasteiger partial charge on any atom is 0.233 e. The molecule has 128 valence electrons. The van der Waals surface area contributed by atoms with Gasteiger partial charge in [0.15, 0.2) is 0 Å². The van der Waals surface area contributed by atoms with Gasteiger partial charge in [-0.05, 0) is 12.5 Å². The number of carbonyl (C=O) groups is 2. The van der Waals surface area contributed by atoms with Gasteiger partial charge in [-0.3, -0.25) is 9.59 Å². The average Bonchev–Trinajstić information content (AvgIpc) is 3.03. The van der Waals surface area contributed by atoms with Crippen molar-refractivity contribution in [1.82, 2.24) is 19.8 Å². The van der Waals surface area contributed by atoms with Crippen molar-refractivity contribution in [2.75, 3.05) is 31.9 Å². The highest BCUT2D eigenvalue weighted by atomic mass is 32.2. The second-order valence-electron chi connectivity index (χ2n) is 5.64. The van der Waals surface area contributed by atoms with Crippen LogP contribution in [0.1, 0.15) is 18.7 Å². The van der Waals surface area contributed by atoms with Crippen LogP contribution in [0, 0.1) is 0 Å². The first-order valence-electron chi connectivity index (χ1n) is 7.98. The minimum Gasteiger partial charge on any atom is -0.339 e. The number of thioether (sulfide) groups is 1. The van der Waals surface area contributed by atoms with Gasteiger partial charge in [-0.1, -0.05) is 18.7 Å². The van der Waals surface area contributed by atoms with E-state index in [1.807, 2.05) is 4.90 Å². The Morgan fingerprint density at radius 1 is 1.21 bits per heavy atom. The highest BCUT2D eigenvalue weighted by Crippen LogP contribution is 2.31. The fourth-order valence-corrected chi connectivity index (χ4v) is 4.54. The van der Waals surface area contributed by atoms with Crippen LogP contribution in [-0.2, 0) is 16.0 Å². The van der Waals surface area contributed by atoms with E-state index in [9.17, 15) is 9.59 Å². The zero-order valence-corrected chi connectivity index (χ0v) is 15.5. The highest BCUT2D eigenvalue weighted by Gasteiger charge is 2.22. The van der Waals surface area contributed by atoms with Crippen molar-refractivity contribution >= 4 is 45.1 Å². The molecule has 24 heavy (non-hydrogen) atoms. The van der Waals surface area contributed by atoms with Crippen LogP contribution in [0.15, 0.2) is 17.4 Å². The predicted molar refractivity (Wildman–Crippen MR) is 96.4 cm³/mol. The number of rotatable bonds is 4. The van der Waals surface area contributed by atoms with Crippen molar-refractivity contribution in [3.8, 4) is 0 Å². The Bertz CT molecular complexity index is 754. The van der Waals surface area contributed by atoms with E-state index in [1.165, 1.54) is 16.6 Å². The maximum absolute atomic E-state index is 12.4. The van der Waals surface area contributed by atoms with Crippen LogP contribution in [0.4, 0.5) is 0 Å². The summed E-state index contributed by atoms with van der Waals surface area (Å²) in [6.07, 6.45) is 2.54. The van der Waals surface area contributed by atoms with Gasteiger partial charge < -0.3 is 9.80 Å². The molecule has 0 N–H and O–H groups in total. The Hall–Kier alpha value is -1.67. The quantitative estimate of drug-likeness (QED) is 0.613. The normalized spacial score (nSPS) is 15.1. The summed E-state index contributed by atoms with van der Waals surface area (Å²) in [5.74, 6) is 0.536. The van der Waals surface area contributed by atoms with E-state index >= 15 is 0 Å². The monoisotopic (exact) mass is 364 g/mol. The maximum atomic E-state index is 12.4. The lowest BCUT2D eigenvalue weighted by molar-refractivity contribution is -0.136. The smallest absolute Gasteiger partial charge is 0.233 e. The first kappa shape index (κ1) is 17.2. The Kier molecular flexibility index (Phi) is 5.35. The molecule has 0 aromatic carbocycles. The molecule has 0 spiro atoms. The molecule has 0 bridgehead atoms. The predicted octanol–water partition coefficient (Wildman–Crippen LogP) is 2.04. The van der Waals surface area contributed by atoms with Gasteiger partial charge in [0.05, 0.1) is 5.75 Å². The fourth-order valence-electron chi connectivity index (χ4n) is 2.67. The standard InChI is InChI=1S/C16H20N4O2S2/c1-3-12-8-13-15(17-10-18-16(13)24-12)23-9-14(22)20-6-4-19(5-7-20)11(2)21/h8,10H,3-7,9H2,1-2H3. The molecule has 1 aliphatic rings. The van der Waals surface area contributed by atoms with Crippen molar-refractivity contribution in [3.05, 3.63) is 17.3 Å². The molecule has 0 aliphatic carbocycles. The van der Waals surface area contributed by atoms with E-state index in [4.69, 9.17) is 0 Å². The Labute approximate surface area is 149 Å². The van der Waals surface area contributed by atoms with E-state index < -0.39 is 0 Å². The molecular weight excluding hydrogens is 344 g/mol. The van der Waals surface area contributed by atoms with Crippen molar-refractivity contribution in [2.45, 2.75) is 25.3 Å². The van der Waals surface area contributed by atoms with Crippen molar-refractivity contribution in [2.24, 2.45) is 0 Å². The summed E-state index contributed by atoms with van der Waals surface area (Å²) in [6.45, 7) is 6.14. The van der Waals surface area contributed by atoms with E-state index in [-0.39, 0.29) is 11.8 Å². The van der Waals surface area contributed by atoms with Crippen LogP contribution >= 0.6 is 23.1 Å². The van der Waals surface area contributed by atoms with Crippen LogP contribution in [0.25, 0.3) is 10.2 Å². The van der Waals surface area contributed by atoms with Crippen LogP contribution < -0.4 is 0 Å². The van der Waals surface area contributed by atoms with Gasteiger partial charge in [-0.15, -0.1) is 11.3 Å². The topological polar surface area (TPSA) is 66.4 Å². The molecule has 2 aromatic heterocycles. The summed E-state index contributed by atoms with van der Waals surface area (Å²) in [5, 5.41) is 1.91. The molecule has 1 saturated heterocycles. The minimum atomic E-state index is 0.0732. The molecular formula is C16H20N4O2S2. The fraction of sp³-hybridized carbons (Fsp3) is 0.500. The number of fused-ring (bicyclic) bond motifs is 1. The summed E-state index contributed by atoms with van der Waals surface area (Å²) >= 11 is 3.15. The molecule has 0 unspecified atom stereocenters. The third-order valence-electron chi connectivity index (χ3n) is 4.10. The van der Waals surface area contributed by atoms with Crippen molar-refractivity contribution < 1.29 is 9.59 Å². The van der Waals surface area contributed by atoms with Gasteiger partial charge in [0.2, 0.25) is 11.8 Å². The second kappa shape index (κ2) is 7.48. The van der Waals surface area contributed by atoms with E-state index in [1.54, 1.807) is 29.5 Å². The van der Waals surface area contributed by atoms with Crippen LogP contribution in [-0.4, -0.2) is 63.5 Å². The van der Waals surface area contributed by atoms with Gasteiger partial charge in [-0.25, -0.2) is 9.97 Å². The van der Waals surface area contributed by atoms with Gasteiger partial charge in [0.1, 0.15) is 16.2 Å². The molecule has 1 fully saturated rings. The number of hydrogen-bond acceptors (Lipinski definition) is 6. The van der Waals surface area contributed by atoms with E-state index in [2.05, 4.69) is 23.0 Å². The third-order valence-corrected chi connectivity index (χ3v) is 6.28. The summed E-state index contributed by atoms with van der Waals surface area (Å²) in [5.41, 5.74) is 0. The zero-order valence-electron chi connectivity index (χ0n) is 13.8. The number of carbonyl (C=O) groups excluding carboxylic acids is 2. The minimum absolute atomic E-state index is 0.0732. The van der Waals surface area contributed by atoms with Gasteiger partial charge in [-0.2, -0.15) is 0 Å². The third kappa shape index (κ3) is 3.70. The number of piperazine rings is 1. The number of hydrogen-bond donors (Lipinski definition) is 0. The number of thiophene rings is 1. The number of aromatic nitrogens is 2. The van der Waals surface area contributed by atoms with Crippen LogP contribution in [0.5, 0.6) is 0 Å². The summed E-state index contributed by atoms with van der Waals surface area (Å²) in [4.78, 5) is 38.3. The summed E-state index contributed by atoms with van der Waals surface area (Å²) in [7, 11) is 0. The van der Waals surface area contributed by atoms with Gasteiger partial charge in [0, 0.05) is 43.4 Å². The molecule has 0 atom stereocenters. The molecule has 3 heterocycles. The van der Waals surface area contributed by atoms with E-state index in [0.29, 0.717) is 31.9 Å². The highest BCUT2D eigenvalue weighted by molar-refractivity contribution is 8.00. The lowest BCUT2D eigenvalue weighted by Crippen LogP contribution is -2.50. The number of nitrogens with zero attached hydrogens (tertiary/aromatic N) is 4. The molecule has 0 radical (unpaired) electrons. The molecule has 2 aromatic rings. The Balaban J connectivity index is 1.61. The second-order valence-corrected chi connectivity index (χ2v) is 7.72. The Morgan fingerprint density at radius 3 is 2.58 bits per heavy atom. The first-order chi connectivity index (χ1) is 11.6. The molecule has 6 nitrogen and oxygen atoms in total. The SMILES string of the molecule is CCc1cc2c(SCC(=O)N3CCN(C(C)=O)CC3)ncnc2s1. The number of amides is 2. The van der Waals surface area contributed by atoms with Crippen molar-refractivity contribution in [1.29, 1.82) is 0 Å². The van der Waals surface area contributed by atoms with Crippen molar-refractivity contribution in [3.63, 3.8) is 0 Å². The average molecular weight is 364 g/mol. The summed E-state index contributed by atoms with van der Waals surface area (Å²) in [6, 6.07) is 2.12.